The fourth-order valence-electron chi connectivity index (χ4n) is 1.80. The molecule has 1 aliphatic heterocycles. The van der Waals surface area contributed by atoms with Crippen LogP contribution >= 0.6 is 0 Å². The first kappa shape index (κ1) is 11.9. The fraction of sp³-hybridized carbons (Fsp3) is 1.00. The van der Waals surface area contributed by atoms with Crippen molar-refractivity contribution in [2.75, 3.05) is 47.0 Å². The molecule has 1 saturated heterocycles. The van der Waals surface area contributed by atoms with Crippen molar-refractivity contribution in [1.29, 1.82) is 0 Å². The highest BCUT2D eigenvalue weighted by Crippen LogP contribution is 2.04. The summed E-state index contributed by atoms with van der Waals surface area (Å²) in [5, 5.41) is 3.26. The van der Waals surface area contributed by atoms with Crippen molar-refractivity contribution in [1.82, 2.24) is 10.2 Å². The van der Waals surface area contributed by atoms with Crippen LogP contribution in [0.3, 0.4) is 0 Å². The van der Waals surface area contributed by atoms with Crippen LogP contribution in [0.1, 0.15) is 6.92 Å². The van der Waals surface area contributed by atoms with Crippen molar-refractivity contribution in [2.24, 2.45) is 0 Å². The first-order valence-electron chi connectivity index (χ1n) is 5.26. The second kappa shape index (κ2) is 6.35. The molecule has 0 aromatic heterocycles. The molecule has 4 nitrogen and oxygen atoms in total. The average Bonchev–Trinajstić information content (AvgIpc) is 2.17. The summed E-state index contributed by atoms with van der Waals surface area (Å²) in [6.45, 7) is 6.84. The molecule has 0 aromatic rings. The van der Waals surface area contributed by atoms with Crippen molar-refractivity contribution >= 4 is 0 Å². The van der Waals surface area contributed by atoms with Crippen LogP contribution in [0.25, 0.3) is 0 Å². The van der Waals surface area contributed by atoms with Gasteiger partial charge in [0.05, 0.1) is 19.3 Å². The Kier molecular flexibility index (Phi) is 5.40. The minimum absolute atomic E-state index is 0.365. The van der Waals surface area contributed by atoms with Gasteiger partial charge in [-0.05, 0) is 14.0 Å². The van der Waals surface area contributed by atoms with E-state index >= 15 is 0 Å². The minimum Gasteiger partial charge on any atom is -0.383 e. The molecule has 2 atom stereocenters. The zero-order valence-electron chi connectivity index (χ0n) is 9.45. The van der Waals surface area contributed by atoms with Crippen LogP contribution in [0.4, 0.5) is 0 Å². The Morgan fingerprint density at radius 3 is 3.00 bits per heavy atom. The fourth-order valence-corrected chi connectivity index (χ4v) is 1.80. The Labute approximate surface area is 86.6 Å². The molecular weight excluding hydrogens is 180 g/mol. The molecule has 84 valence electrons. The highest BCUT2D eigenvalue weighted by Gasteiger charge is 2.19. The third-order valence-corrected chi connectivity index (χ3v) is 2.58. The molecule has 4 heteroatoms. The third-order valence-electron chi connectivity index (χ3n) is 2.58. The van der Waals surface area contributed by atoms with Crippen LogP contribution in [0, 0.1) is 0 Å². The maximum absolute atomic E-state index is 5.49. The molecule has 0 amide bonds. The number of nitrogens with one attached hydrogen (secondary N) is 1. The lowest BCUT2D eigenvalue weighted by Crippen LogP contribution is -2.48. The van der Waals surface area contributed by atoms with Crippen molar-refractivity contribution in [2.45, 2.75) is 19.1 Å². The van der Waals surface area contributed by atoms with Gasteiger partial charge in [0.2, 0.25) is 0 Å². The van der Waals surface area contributed by atoms with Gasteiger partial charge in [0.25, 0.3) is 0 Å². The van der Waals surface area contributed by atoms with Gasteiger partial charge >= 0.3 is 0 Å². The van der Waals surface area contributed by atoms with E-state index < -0.39 is 0 Å². The number of hydrogen-bond acceptors (Lipinski definition) is 4. The highest BCUT2D eigenvalue weighted by atomic mass is 16.5. The van der Waals surface area contributed by atoms with E-state index in [1.165, 1.54) is 0 Å². The summed E-state index contributed by atoms with van der Waals surface area (Å²) in [5.74, 6) is 0. The van der Waals surface area contributed by atoms with E-state index in [1.807, 2.05) is 7.05 Å². The van der Waals surface area contributed by atoms with Crippen LogP contribution in [-0.4, -0.2) is 64.1 Å². The van der Waals surface area contributed by atoms with Crippen LogP contribution in [0.15, 0.2) is 0 Å². The monoisotopic (exact) mass is 202 g/mol. The van der Waals surface area contributed by atoms with Crippen LogP contribution in [0.5, 0.6) is 0 Å². The number of nitrogens with zero attached hydrogens (tertiary/aromatic N) is 1. The van der Waals surface area contributed by atoms with Gasteiger partial charge in [0.1, 0.15) is 0 Å². The van der Waals surface area contributed by atoms with Gasteiger partial charge in [-0.2, -0.15) is 0 Å². The van der Waals surface area contributed by atoms with Gasteiger partial charge in [-0.25, -0.2) is 0 Å². The van der Waals surface area contributed by atoms with Crippen molar-refractivity contribution in [3.63, 3.8) is 0 Å². The molecule has 1 fully saturated rings. The van der Waals surface area contributed by atoms with Crippen molar-refractivity contribution in [3.8, 4) is 0 Å². The summed E-state index contributed by atoms with van der Waals surface area (Å²) in [6.07, 6.45) is 0.365. The molecule has 1 aliphatic rings. The summed E-state index contributed by atoms with van der Waals surface area (Å²) >= 11 is 0. The summed E-state index contributed by atoms with van der Waals surface area (Å²) in [7, 11) is 3.72. The van der Waals surface area contributed by atoms with E-state index in [0.717, 1.165) is 32.8 Å². The first-order valence-corrected chi connectivity index (χ1v) is 5.26. The summed E-state index contributed by atoms with van der Waals surface area (Å²) in [5.41, 5.74) is 0. The number of hydrogen-bond donors (Lipinski definition) is 1. The Bertz CT molecular complexity index is 155. The second-order valence-electron chi connectivity index (χ2n) is 3.88. The van der Waals surface area contributed by atoms with E-state index in [4.69, 9.17) is 9.47 Å². The van der Waals surface area contributed by atoms with Crippen LogP contribution in [-0.2, 0) is 9.47 Å². The zero-order chi connectivity index (χ0) is 10.4. The molecule has 0 aromatic carbocycles. The van der Waals surface area contributed by atoms with E-state index in [9.17, 15) is 0 Å². The summed E-state index contributed by atoms with van der Waals surface area (Å²) < 4.78 is 10.6. The zero-order valence-corrected chi connectivity index (χ0v) is 9.45. The topological polar surface area (TPSA) is 33.7 Å². The number of likely N-dealkylation sites (N-methyl/N-ethyl adjacent to an activating group) is 1. The lowest BCUT2D eigenvalue weighted by molar-refractivity contribution is -0.0234. The molecular formula is C10H22N2O2. The van der Waals surface area contributed by atoms with Gasteiger partial charge in [0, 0.05) is 32.8 Å². The van der Waals surface area contributed by atoms with Crippen LogP contribution < -0.4 is 5.32 Å². The predicted octanol–water partition coefficient (Wildman–Crippen LogP) is -0.0585. The highest BCUT2D eigenvalue weighted by molar-refractivity contribution is 4.74. The van der Waals surface area contributed by atoms with Crippen molar-refractivity contribution in [3.05, 3.63) is 0 Å². The molecule has 0 aliphatic carbocycles. The number of ether oxygens (including phenoxy) is 2. The normalized spacial score (nSPS) is 26.4. The lowest BCUT2D eigenvalue weighted by Gasteiger charge is -2.33. The van der Waals surface area contributed by atoms with Crippen LogP contribution in [0.2, 0.25) is 0 Å². The predicted molar refractivity (Wildman–Crippen MR) is 56.6 cm³/mol. The molecule has 1 heterocycles. The molecule has 0 saturated carbocycles. The van der Waals surface area contributed by atoms with Crippen molar-refractivity contribution < 1.29 is 9.47 Å². The largest absolute Gasteiger partial charge is 0.383 e. The lowest BCUT2D eigenvalue weighted by atomic mass is 10.2. The minimum atomic E-state index is 0.365. The summed E-state index contributed by atoms with van der Waals surface area (Å²) in [6, 6.07) is 0.422. The van der Waals surface area contributed by atoms with Gasteiger partial charge in [0.15, 0.2) is 0 Å². The number of morpholine rings is 1. The molecule has 0 radical (unpaired) electrons. The number of rotatable bonds is 5. The van der Waals surface area contributed by atoms with E-state index in [2.05, 4.69) is 17.1 Å². The maximum atomic E-state index is 5.49. The maximum Gasteiger partial charge on any atom is 0.0674 e. The van der Waals surface area contributed by atoms with E-state index in [-0.39, 0.29) is 0 Å². The Morgan fingerprint density at radius 1 is 1.64 bits per heavy atom. The smallest absolute Gasteiger partial charge is 0.0674 e. The van der Waals surface area contributed by atoms with Gasteiger partial charge in [-0.3, -0.25) is 4.90 Å². The standard InChI is InChI=1S/C10H22N2O2/c1-9-6-12(4-5-14-9)7-10(11-2)8-13-3/h9-11H,4-8H2,1-3H3. The van der Waals surface area contributed by atoms with E-state index in [1.54, 1.807) is 7.11 Å². The molecule has 1 rings (SSSR count). The van der Waals surface area contributed by atoms with E-state index in [0.29, 0.717) is 12.1 Å². The number of methoxy groups -OCH3 is 1. The van der Waals surface area contributed by atoms with Gasteiger partial charge in [-0.15, -0.1) is 0 Å². The van der Waals surface area contributed by atoms with Gasteiger partial charge in [-0.1, -0.05) is 0 Å². The SMILES string of the molecule is CNC(COC)CN1CCOC(C)C1. The summed E-state index contributed by atoms with van der Waals surface area (Å²) in [4.78, 5) is 2.42. The average molecular weight is 202 g/mol. The molecule has 14 heavy (non-hydrogen) atoms. The second-order valence-corrected chi connectivity index (χ2v) is 3.88. The Balaban J connectivity index is 2.26. The quantitative estimate of drug-likeness (QED) is 0.677. The molecule has 2 unspecified atom stereocenters. The first-order chi connectivity index (χ1) is 6.76. The Hall–Kier alpha value is -0.160. The molecule has 0 bridgehead atoms. The third kappa shape index (κ3) is 3.92. The molecule has 0 spiro atoms. The van der Waals surface area contributed by atoms with Gasteiger partial charge < -0.3 is 14.8 Å². The molecule has 1 N–H and O–H groups in total. The Morgan fingerprint density at radius 2 is 2.43 bits per heavy atom.